The van der Waals surface area contributed by atoms with Gasteiger partial charge in [-0.25, -0.2) is 8.42 Å². The molecule has 7 nitrogen and oxygen atoms in total. The summed E-state index contributed by atoms with van der Waals surface area (Å²) in [6, 6.07) is 10.4. The Labute approximate surface area is 140 Å². The van der Waals surface area contributed by atoms with Crippen molar-refractivity contribution >= 4 is 21.4 Å². The highest BCUT2D eigenvalue weighted by molar-refractivity contribution is 7.92. The molecule has 0 radical (unpaired) electrons. The number of non-ortho nitro benzene ring substituents is 1. The second-order valence-electron chi connectivity index (χ2n) is 5.11. The van der Waals surface area contributed by atoms with Gasteiger partial charge >= 0.3 is 0 Å². The fourth-order valence-corrected chi connectivity index (χ4v) is 3.62. The van der Waals surface area contributed by atoms with Gasteiger partial charge in [0, 0.05) is 19.2 Å². The van der Waals surface area contributed by atoms with Crippen LogP contribution in [-0.2, 0) is 10.0 Å². The summed E-state index contributed by atoms with van der Waals surface area (Å²) in [4.78, 5) is 10.2. The minimum atomic E-state index is -3.92. The molecule has 0 bridgehead atoms. The number of rotatable bonds is 6. The molecule has 0 amide bonds. The topological polar surface area (TPSA) is 89.8 Å². The second-order valence-corrected chi connectivity index (χ2v) is 7.04. The van der Waals surface area contributed by atoms with Gasteiger partial charge in [-0.1, -0.05) is 6.07 Å². The van der Waals surface area contributed by atoms with Gasteiger partial charge in [-0.05, 0) is 43.7 Å². The molecular weight excluding hydrogens is 332 g/mol. The number of sulfonamides is 1. The van der Waals surface area contributed by atoms with E-state index in [4.69, 9.17) is 4.74 Å². The molecule has 0 saturated carbocycles. The molecular formula is C16H18N2O5S. The molecule has 0 unspecified atom stereocenters. The number of nitrogens with zero attached hydrogens (tertiary/aromatic N) is 2. The Kier molecular flexibility index (Phi) is 5.08. The molecule has 2 rings (SSSR count). The molecule has 0 heterocycles. The molecule has 0 aliphatic carbocycles. The number of nitro groups is 1. The monoisotopic (exact) mass is 350 g/mol. The maximum atomic E-state index is 12.8. The molecule has 0 aromatic heterocycles. The van der Waals surface area contributed by atoms with Crippen molar-refractivity contribution in [2.45, 2.75) is 18.7 Å². The van der Waals surface area contributed by atoms with E-state index in [0.29, 0.717) is 23.6 Å². The van der Waals surface area contributed by atoms with Gasteiger partial charge in [0.05, 0.1) is 22.1 Å². The Morgan fingerprint density at radius 3 is 2.33 bits per heavy atom. The summed E-state index contributed by atoms with van der Waals surface area (Å²) in [7, 11) is -2.51. The SMILES string of the molecule is CCOc1ccc(N(C)S(=O)(=O)c2cc([N+](=O)[O-])ccc2C)cc1. The number of anilines is 1. The van der Waals surface area contributed by atoms with E-state index in [1.165, 1.54) is 19.2 Å². The molecule has 8 heteroatoms. The lowest BCUT2D eigenvalue weighted by Gasteiger charge is -2.20. The fourth-order valence-electron chi connectivity index (χ4n) is 2.19. The summed E-state index contributed by atoms with van der Waals surface area (Å²) in [6.45, 7) is 3.97. The minimum absolute atomic E-state index is 0.0897. The first-order valence-electron chi connectivity index (χ1n) is 7.24. The fraction of sp³-hybridized carbons (Fsp3) is 0.250. The Bertz CT molecular complexity index is 847. The molecule has 0 fully saturated rings. The van der Waals surface area contributed by atoms with E-state index < -0.39 is 14.9 Å². The highest BCUT2D eigenvalue weighted by Gasteiger charge is 2.25. The van der Waals surface area contributed by atoms with Gasteiger partial charge in [0.1, 0.15) is 5.75 Å². The molecule has 0 saturated heterocycles. The van der Waals surface area contributed by atoms with Crippen LogP contribution in [0.2, 0.25) is 0 Å². The zero-order valence-electron chi connectivity index (χ0n) is 13.6. The summed E-state index contributed by atoms with van der Waals surface area (Å²) in [5.41, 5.74) is 0.613. The number of ether oxygens (including phenoxy) is 1. The van der Waals surface area contributed by atoms with Gasteiger partial charge < -0.3 is 4.74 Å². The van der Waals surface area contributed by atoms with Crippen molar-refractivity contribution in [2.75, 3.05) is 18.0 Å². The third-order valence-corrected chi connectivity index (χ3v) is 5.46. The van der Waals surface area contributed by atoms with Crippen molar-refractivity contribution in [1.29, 1.82) is 0 Å². The summed E-state index contributed by atoms with van der Waals surface area (Å²) in [5, 5.41) is 10.9. The highest BCUT2D eigenvalue weighted by atomic mass is 32.2. The van der Waals surface area contributed by atoms with Gasteiger partial charge in [-0.2, -0.15) is 0 Å². The van der Waals surface area contributed by atoms with Crippen LogP contribution in [0, 0.1) is 17.0 Å². The minimum Gasteiger partial charge on any atom is -0.494 e. The van der Waals surface area contributed by atoms with Gasteiger partial charge in [-0.3, -0.25) is 14.4 Å². The van der Waals surface area contributed by atoms with E-state index >= 15 is 0 Å². The van der Waals surface area contributed by atoms with E-state index in [2.05, 4.69) is 0 Å². The standard InChI is InChI=1S/C16H18N2O5S/c1-4-23-15-9-7-13(8-10-15)17(3)24(21,22)16-11-14(18(19)20)6-5-12(16)2/h5-11H,4H2,1-3H3. The Morgan fingerprint density at radius 2 is 1.79 bits per heavy atom. The molecule has 0 aliphatic heterocycles. The molecule has 24 heavy (non-hydrogen) atoms. The summed E-state index contributed by atoms with van der Waals surface area (Å²) in [5.74, 6) is 0.638. The Balaban J connectivity index is 2.42. The number of benzene rings is 2. The van der Waals surface area contributed by atoms with Crippen molar-refractivity contribution in [2.24, 2.45) is 0 Å². The first-order valence-corrected chi connectivity index (χ1v) is 8.68. The largest absolute Gasteiger partial charge is 0.494 e. The molecule has 0 atom stereocenters. The van der Waals surface area contributed by atoms with Crippen LogP contribution in [0.25, 0.3) is 0 Å². The zero-order chi connectivity index (χ0) is 17.9. The van der Waals surface area contributed by atoms with E-state index in [1.807, 2.05) is 6.92 Å². The van der Waals surface area contributed by atoms with Gasteiger partial charge in [0.2, 0.25) is 0 Å². The van der Waals surface area contributed by atoms with Crippen molar-refractivity contribution < 1.29 is 18.1 Å². The number of hydrogen-bond acceptors (Lipinski definition) is 5. The van der Waals surface area contributed by atoms with E-state index in [1.54, 1.807) is 31.2 Å². The summed E-state index contributed by atoms with van der Waals surface area (Å²) < 4.78 is 32.0. The summed E-state index contributed by atoms with van der Waals surface area (Å²) in [6.07, 6.45) is 0. The molecule has 0 spiro atoms. The van der Waals surface area contributed by atoms with E-state index in [-0.39, 0.29) is 10.6 Å². The highest BCUT2D eigenvalue weighted by Crippen LogP contribution is 2.28. The quantitative estimate of drug-likeness (QED) is 0.590. The third-order valence-electron chi connectivity index (χ3n) is 3.53. The molecule has 2 aromatic rings. The second kappa shape index (κ2) is 6.88. The first-order chi connectivity index (χ1) is 11.3. The van der Waals surface area contributed by atoms with Crippen LogP contribution in [0.5, 0.6) is 5.75 Å². The molecule has 2 aromatic carbocycles. The molecule has 0 aliphatic rings. The molecule has 0 N–H and O–H groups in total. The van der Waals surface area contributed by atoms with Crippen molar-refractivity contribution in [1.82, 2.24) is 0 Å². The maximum Gasteiger partial charge on any atom is 0.270 e. The lowest BCUT2D eigenvalue weighted by molar-refractivity contribution is -0.385. The van der Waals surface area contributed by atoms with Crippen molar-refractivity contribution in [3.63, 3.8) is 0 Å². The van der Waals surface area contributed by atoms with Crippen molar-refractivity contribution in [3.8, 4) is 5.75 Å². The van der Waals surface area contributed by atoms with Crippen LogP contribution < -0.4 is 9.04 Å². The lowest BCUT2D eigenvalue weighted by Crippen LogP contribution is -2.27. The van der Waals surface area contributed by atoms with Crippen LogP contribution in [0.15, 0.2) is 47.4 Å². The van der Waals surface area contributed by atoms with E-state index in [9.17, 15) is 18.5 Å². The van der Waals surface area contributed by atoms with Crippen molar-refractivity contribution in [3.05, 3.63) is 58.1 Å². The summed E-state index contributed by atoms with van der Waals surface area (Å²) >= 11 is 0. The normalized spacial score (nSPS) is 11.1. The predicted octanol–water partition coefficient (Wildman–Crippen LogP) is 3.13. The smallest absolute Gasteiger partial charge is 0.270 e. The number of aryl methyl sites for hydroxylation is 1. The lowest BCUT2D eigenvalue weighted by atomic mass is 10.2. The number of nitro benzene ring substituents is 1. The average Bonchev–Trinajstić information content (AvgIpc) is 2.55. The van der Waals surface area contributed by atoms with Crippen LogP contribution in [0.1, 0.15) is 12.5 Å². The van der Waals surface area contributed by atoms with Gasteiger partial charge in [0.15, 0.2) is 0 Å². The Hall–Kier alpha value is -2.61. The van der Waals surface area contributed by atoms with Gasteiger partial charge in [0.25, 0.3) is 15.7 Å². The zero-order valence-corrected chi connectivity index (χ0v) is 14.4. The average molecular weight is 350 g/mol. The number of hydrogen-bond donors (Lipinski definition) is 0. The van der Waals surface area contributed by atoms with E-state index in [0.717, 1.165) is 10.4 Å². The van der Waals surface area contributed by atoms with Crippen LogP contribution >= 0.6 is 0 Å². The maximum absolute atomic E-state index is 12.8. The predicted molar refractivity (Wildman–Crippen MR) is 91.0 cm³/mol. The molecule has 128 valence electrons. The van der Waals surface area contributed by atoms with Crippen LogP contribution in [-0.4, -0.2) is 27.0 Å². The Morgan fingerprint density at radius 1 is 1.17 bits per heavy atom. The first kappa shape index (κ1) is 17.7. The van der Waals surface area contributed by atoms with Crippen LogP contribution in [0.3, 0.4) is 0 Å². The van der Waals surface area contributed by atoms with Gasteiger partial charge in [-0.15, -0.1) is 0 Å². The van der Waals surface area contributed by atoms with Crippen LogP contribution in [0.4, 0.5) is 11.4 Å². The third kappa shape index (κ3) is 3.48.